The van der Waals surface area contributed by atoms with E-state index in [1.165, 1.54) is 4.90 Å². The maximum Gasteiger partial charge on any atom is 0.401 e. The third-order valence-corrected chi connectivity index (χ3v) is 2.39. The first kappa shape index (κ1) is 10.8. The molecule has 2 atom stereocenters. The van der Waals surface area contributed by atoms with E-state index in [0.29, 0.717) is 19.5 Å². The van der Waals surface area contributed by atoms with E-state index in [1.54, 1.807) is 6.92 Å². The summed E-state index contributed by atoms with van der Waals surface area (Å²) in [6, 6.07) is 0. The molecule has 2 nitrogen and oxygen atoms in total. The van der Waals surface area contributed by atoms with E-state index in [4.69, 9.17) is 5.11 Å². The molecule has 0 radical (unpaired) electrons. The van der Waals surface area contributed by atoms with Crippen LogP contribution in [0.2, 0.25) is 0 Å². The van der Waals surface area contributed by atoms with Gasteiger partial charge in [0.2, 0.25) is 0 Å². The summed E-state index contributed by atoms with van der Waals surface area (Å²) in [4.78, 5) is 1.34. The minimum absolute atomic E-state index is 0.00218. The van der Waals surface area contributed by atoms with Crippen LogP contribution in [-0.4, -0.2) is 41.9 Å². The van der Waals surface area contributed by atoms with Crippen molar-refractivity contribution in [3.05, 3.63) is 0 Å². The van der Waals surface area contributed by atoms with E-state index in [9.17, 15) is 13.2 Å². The molecule has 0 saturated carbocycles. The molecule has 0 aromatic carbocycles. The highest BCUT2D eigenvalue weighted by atomic mass is 19.4. The molecule has 1 aliphatic heterocycles. The molecule has 0 spiro atoms. The second-order valence-electron chi connectivity index (χ2n) is 3.64. The van der Waals surface area contributed by atoms with E-state index in [0.717, 1.165) is 0 Å². The van der Waals surface area contributed by atoms with E-state index < -0.39 is 18.8 Å². The lowest BCUT2D eigenvalue weighted by atomic mass is 10.0. The number of halogens is 3. The summed E-state index contributed by atoms with van der Waals surface area (Å²) in [6.45, 7) is 1.57. The van der Waals surface area contributed by atoms with E-state index in [1.807, 2.05) is 0 Å². The Balaban J connectivity index is 2.33. The van der Waals surface area contributed by atoms with Crippen LogP contribution in [0.3, 0.4) is 0 Å². The summed E-state index contributed by atoms with van der Waals surface area (Å²) >= 11 is 0. The second-order valence-corrected chi connectivity index (χ2v) is 3.64. The SMILES string of the molecule is CC(O)C1CCN(CC(F)(F)F)C1. The van der Waals surface area contributed by atoms with Gasteiger partial charge in [0.15, 0.2) is 0 Å². The van der Waals surface area contributed by atoms with Crippen molar-refractivity contribution >= 4 is 0 Å². The molecular weight excluding hydrogens is 183 g/mol. The van der Waals surface area contributed by atoms with Crippen LogP contribution in [0.5, 0.6) is 0 Å². The van der Waals surface area contributed by atoms with Crippen molar-refractivity contribution in [2.45, 2.75) is 25.6 Å². The number of alkyl halides is 3. The Labute approximate surface area is 75.3 Å². The molecule has 1 fully saturated rings. The fourth-order valence-corrected chi connectivity index (χ4v) is 1.65. The molecule has 1 N–H and O–H groups in total. The van der Waals surface area contributed by atoms with Crippen molar-refractivity contribution in [1.29, 1.82) is 0 Å². The molecule has 1 aliphatic rings. The van der Waals surface area contributed by atoms with Gasteiger partial charge >= 0.3 is 6.18 Å². The Morgan fingerprint density at radius 3 is 2.54 bits per heavy atom. The Bertz CT molecular complexity index is 169. The second kappa shape index (κ2) is 3.84. The summed E-state index contributed by atoms with van der Waals surface area (Å²) < 4.78 is 35.8. The quantitative estimate of drug-likeness (QED) is 0.720. The van der Waals surface area contributed by atoms with Gasteiger partial charge < -0.3 is 5.11 Å². The third kappa shape index (κ3) is 3.52. The van der Waals surface area contributed by atoms with Gasteiger partial charge in [-0.3, -0.25) is 4.90 Å². The zero-order valence-electron chi connectivity index (χ0n) is 7.51. The van der Waals surface area contributed by atoms with Crippen LogP contribution in [0.25, 0.3) is 0 Å². The maximum absolute atomic E-state index is 11.9. The van der Waals surface area contributed by atoms with Crippen LogP contribution in [0.1, 0.15) is 13.3 Å². The van der Waals surface area contributed by atoms with Crippen LogP contribution in [0.4, 0.5) is 13.2 Å². The summed E-state index contributed by atoms with van der Waals surface area (Å²) in [6.07, 6.45) is -3.96. The first-order chi connectivity index (χ1) is 5.88. The average Bonchev–Trinajstić information content (AvgIpc) is 2.31. The first-order valence-electron chi connectivity index (χ1n) is 4.35. The molecule has 13 heavy (non-hydrogen) atoms. The molecule has 0 aromatic rings. The van der Waals surface area contributed by atoms with Crippen LogP contribution in [0, 0.1) is 5.92 Å². The molecule has 0 amide bonds. The van der Waals surface area contributed by atoms with Gasteiger partial charge in [0.1, 0.15) is 0 Å². The fraction of sp³-hybridized carbons (Fsp3) is 1.00. The predicted octanol–water partition coefficient (Wildman–Crippen LogP) is 1.25. The highest BCUT2D eigenvalue weighted by molar-refractivity contribution is 4.79. The number of hydrogen-bond acceptors (Lipinski definition) is 2. The van der Waals surface area contributed by atoms with E-state index >= 15 is 0 Å². The van der Waals surface area contributed by atoms with E-state index in [-0.39, 0.29) is 5.92 Å². The lowest BCUT2D eigenvalue weighted by Crippen LogP contribution is -2.33. The van der Waals surface area contributed by atoms with Crippen molar-refractivity contribution in [3.63, 3.8) is 0 Å². The van der Waals surface area contributed by atoms with Gasteiger partial charge in [-0.15, -0.1) is 0 Å². The summed E-state index contributed by atoms with van der Waals surface area (Å²) in [5.74, 6) is 0.00218. The molecule has 0 aliphatic carbocycles. The van der Waals surface area contributed by atoms with Gasteiger partial charge in [0.05, 0.1) is 12.6 Å². The number of aliphatic hydroxyl groups excluding tert-OH is 1. The van der Waals surface area contributed by atoms with Crippen molar-refractivity contribution in [2.75, 3.05) is 19.6 Å². The summed E-state index contributed by atoms with van der Waals surface area (Å²) in [5.41, 5.74) is 0. The minimum atomic E-state index is -4.12. The minimum Gasteiger partial charge on any atom is -0.393 e. The van der Waals surface area contributed by atoms with Crippen LogP contribution in [-0.2, 0) is 0 Å². The Hall–Kier alpha value is -0.290. The number of nitrogens with zero attached hydrogens (tertiary/aromatic N) is 1. The van der Waals surface area contributed by atoms with Crippen LogP contribution in [0.15, 0.2) is 0 Å². The van der Waals surface area contributed by atoms with Gasteiger partial charge in [0, 0.05) is 6.54 Å². The van der Waals surface area contributed by atoms with Crippen molar-refractivity contribution in [3.8, 4) is 0 Å². The number of rotatable bonds is 2. The molecule has 78 valence electrons. The van der Waals surface area contributed by atoms with Gasteiger partial charge in [0.25, 0.3) is 0 Å². The van der Waals surface area contributed by atoms with Gasteiger partial charge in [-0.05, 0) is 25.8 Å². The number of hydrogen-bond donors (Lipinski definition) is 1. The zero-order chi connectivity index (χ0) is 10.1. The van der Waals surface area contributed by atoms with Crippen molar-refractivity contribution < 1.29 is 18.3 Å². The molecule has 2 unspecified atom stereocenters. The first-order valence-corrected chi connectivity index (χ1v) is 4.35. The third-order valence-electron chi connectivity index (χ3n) is 2.39. The molecular formula is C8H14F3NO. The number of aliphatic hydroxyl groups is 1. The Morgan fingerprint density at radius 2 is 2.15 bits per heavy atom. The molecule has 0 bridgehead atoms. The van der Waals surface area contributed by atoms with Crippen LogP contribution < -0.4 is 0 Å². The Morgan fingerprint density at radius 1 is 1.54 bits per heavy atom. The largest absolute Gasteiger partial charge is 0.401 e. The highest BCUT2D eigenvalue weighted by Gasteiger charge is 2.35. The van der Waals surface area contributed by atoms with Crippen molar-refractivity contribution in [1.82, 2.24) is 4.90 Å². The monoisotopic (exact) mass is 197 g/mol. The van der Waals surface area contributed by atoms with Crippen LogP contribution >= 0.6 is 0 Å². The highest BCUT2D eigenvalue weighted by Crippen LogP contribution is 2.24. The molecule has 1 heterocycles. The van der Waals surface area contributed by atoms with Gasteiger partial charge in [-0.1, -0.05) is 0 Å². The average molecular weight is 197 g/mol. The standard InChI is InChI=1S/C8H14F3NO/c1-6(13)7-2-3-12(4-7)5-8(9,10)11/h6-7,13H,2-5H2,1H3. The van der Waals surface area contributed by atoms with Crippen molar-refractivity contribution in [2.24, 2.45) is 5.92 Å². The normalized spacial score (nSPS) is 27.9. The molecule has 1 rings (SSSR count). The topological polar surface area (TPSA) is 23.5 Å². The predicted molar refractivity (Wildman–Crippen MR) is 42.3 cm³/mol. The van der Waals surface area contributed by atoms with Gasteiger partial charge in [-0.2, -0.15) is 13.2 Å². The summed E-state index contributed by atoms with van der Waals surface area (Å²) in [5, 5.41) is 9.16. The smallest absolute Gasteiger partial charge is 0.393 e. The molecule has 5 heteroatoms. The number of likely N-dealkylation sites (tertiary alicyclic amines) is 1. The lowest BCUT2D eigenvalue weighted by Gasteiger charge is -2.18. The molecule has 0 aromatic heterocycles. The molecule has 1 saturated heterocycles. The van der Waals surface area contributed by atoms with Gasteiger partial charge in [-0.25, -0.2) is 0 Å². The fourth-order valence-electron chi connectivity index (χ4n) is 1.65. The summed E-state index contributed by atoms with van der Waals surface area (Å²) in [7, 11) is 0. The lowest BCUT2D eigenvalue weighted by molar-refractivity contribution is -0.144. The zero-order valence-corrected chi connectivity index (χ0v) is 7.51. The van der Waals surface area contributed by atoms with E-state index in [2.05, 4.69) is 0 Å². The maximum atomic E-state index is 11.9. The Kier molecular flexibility index (Phi) is 3.18.